The van der Waals surface area contributed by atoms with Crippen LogP contribution in [-0.2, 0) is 6.54 Å². The van der Waals surface area contributed by atoms with Crippen molar-refractivity contribution in [2.45, 2.75) is 40.3 Å². The van der Waals surface area contributed by atoms with Crippen molar-refractivity contribution >= 4 is 11.9 Å². The van der Waals surface area contributed by atoms with Crippen LogP contribution in [0.1, 0.15) is 42.3 Å². The maximum Gasteiger partial charge on any atom is 0.251 e. The molecule has 4 N–H and O–H groups in total. The minimum Gasteiger partial charge on any atom is -0.508 e. The SMILES string of the molecule is CCNC(=NCc1ccc(C)cc1OC(C)C)NCCNC(=O)c1ccc(O)cc1. The van der Waals surface area contributed by atoms with Gasteiger partial charge in [-0.15, -0.1) is 0 Å². The molecule has 0 saturated carbocycles. The smallest absolute Gasteiger partial charge is 0.251 e. The largest absolute Gasteiger partial charge is 0.508 e. The van der Waals surface area contributed by atoms with Crippen LogP contribution in [0.4, 0.5) is 0 Å². The number of carbonyl (C=O) groups is 1. The Morgan fingerprint density at radius 3 is 2.43 bits per heavy atom. The van der Waals surface area contributed by atoms with Crippen molar-refractivity contribution in [1.82, 2.24) is 16.0 Å². The highest BCUT2D eigenvalue weighted by molar-refractivity contribution is 5.94. The van der Waals surface area contributed by atoms with Crippen LogP contribution >= 0.6 is 0 Å². The lowest BCUT2D eigenvalue weighted by atomic mass is 10.1. The molecule has 162 valence electrons. The Morgan fingerprint density at radius 2 is 1.77 bits per heavy atom. The molecule has 0 aliphatic rings. The molecule has 7 nitrogen and oxygen atoms in total. The summed E-state index contributed by atoms with van der Waals surface area (Å²) in [5.41, 5.74) is 2.67. The second kappa shape index (κ2) is 11.7. The highest BCUT2D eigenvalue weighted by atomic mass is 16.5. The van der Waals surface area contributed by atoms with Crippen molar-refractivity contribution in [3.63, 3.8) is 0 Å². The molecule has 0 radical (unpaired) electrons. The summed E-state index contributed by atoms with van der Waals surface area (Å²) in [4.78, 5) is 16.7. The molecule has 0 aliphatic carbocycles. The molecule has 0 fully saturated rings. The minimum atomic E-state index is -0.186. The van der Waals surface area contributed by atoms with E-state index in [0.29, 0.717) is 31.2 Å². The molecular formula is C23H32N4O3. The van der Waals surface area contributed by atoms with Gasteiger partial charge in [0.25, 0.3) is 5.91 Å². The lowest BCUT2D eigenvalue weighted by Gasteiger charge is -2.15. The van der Waals surface area contributed by atoms with Gasteiger partial charge in [-0.1, -0.05) is 12.1 Å². The average Bonchev–Trinajstić information content (AvgIpc) is 2.70. The second-order valence-electron chi connectivity index (χ2n) is 7.20. The summed E-state index contributed by atoms with van der Waals surface area (Å²) in [5.74, 6) is 1.47. The van der Waals surface area contributed by atoms with Gasteiger partial charge in [0.1, 0.15) is 11.5 Å². The van der Waals surface area contributed by atoms with Gasteiger partial charge in [0.05, 0.1) is 12.6 Å². The number of ether oxygens (including phenoxy) is 1. The lowest BCUT2D eigenvalue weighted by Crippen LogP contribution is -2.41. The van der Waals surface area contributed by atoms with Crippen LogP contribution in [-0.4, -0.2) is 42.7 Å². The molecule has 2 rings (SSSR count). The molecule has 0 saturated heterocycles. The molecule has 0 atom stereocenters. The van der Waals surface area contributed by atoms with E-state index in [1.807, 2.05) is 39.8 Å². The van der Waals surface area contributed by atoms with Gasteiger partial charge in [0, 0.05) is 30.8 Å². The number of aryl methyl sites for hydroxylation is 1. The first-order valence-electron chi connectivity index (χ1n) is 10.2. The van der Waals surface area contributed by atoms with Gasteiger partial charge in [-0.3, -0.25) is 4.79 Å². The third-order valence-corrected chi connectivity index (χ3v) is 4.17. The number of amides is 1. The van der Waals surface area contributed by atoms with Crippen LogP contribution in [0.3, 0.4) is 0 Å². The predicted octanol–water partition coefficient (Wildman–Crippen LogP) is 2.97. The monoisotopic (exact) mass is 412 g/mol. The number of aromatic hydroxyl groups is 1. The normalized spacial score (nSPS) is 11.3. The summed E-state index contributed by atoms with van der Waals surface area (Å²) in [6.07, 6.45) is 0.0954. The third-order valence-electron chi connectivity index (χ3n) is 4.17. The van der Waals surface area contributed by atoms with Crippen molar-refractivity contribution in [1.29, 1.82) is 0 Å². The molecule has 30 heavy (non-hydrogen) atoms. The number of hydrogen-bond acceptors (Lipinski definition) is 4. The number of nitrogens with one attached hydrogen (secondary N) is 3. The van der Waals surface area contributed by atoms with Crippen molar-refractivity contribution in [3.8, 4) is 11.5 Å². The van der Waals surface area contributed by atoms with E-state index < -0.39 is 0 Å². The van der Waals surface area contributed by atoms with E-state index in [1.165, 1.54) is 12.1 Å². The summed E-state index contributed by atoms with van der Waals surface area (Å²) in [6.45, 7) is 10.2. The molecule has 0 aromatic heterocycles. The van der Waals surface area contributed by atoms with Crippen LogP contribution in [0.25, 0.3) is 0 Å². The van der Waals surface area contributed by atoms with Gasteiger partial charge in [0.2, 0.25) is 0 Å². The van der Waals surface area contributed by atoms with Gasteiger partial charge < -0.3 is 25.8 Å². The number of nitrogens with zero attached hydrogens (tertiary/aromatic N) is 1. The molecule has 2 aromatic carbocycles. The third kappa shape index (κ3) is 7.66. The molecule has 0 spiro atoms. The van der Waals surface area contributed by atoms with E-state index in [4.69, 9.17) is 4.74 Å². The fraction of sp³-hybridized carbons (Fsp3) is 0.391. The zero-order valence-electron chi connectivity index (χ0n) is 18.2. The van der Waals surface area contributed by atoms with Gasteiger partial charge in [-0.2, -0.15) is 0 Å². The number of aliphatic imine (C=N–C) groups is 1. The minimum absolute atomic E-state index is 0.0954. The van der Waals surface area contributed by atoms with E-state index in [9.17, 15) is 9.90 Å². The van der Waals surface area contributed by atoms with Gasteiger partial charge in [-0.05, 0) is 63.6 Å². The van der Waals surface area contributed by atoms with Crippen molar-refractivity contribution in [3.05, 3.63) is 59.2 Å². The first kappa shape index (κ1) is 23.1. The van der Waals surface area contributed by atoms with E-state index in [-0.39, 0.29) is 17.8 Å². The molecular weight excluding hydrogens is 380 g/mol. The van der Waals surface area contributed by atoms with Crippen molar-refractivity contribution in [2.75, 3.05) is 19.6 Å². The van der Waals surface area contributed by atoms with Crippen LogP contribution < -0.4 is 20.7 Å². The Bertz CT molecular complexity index is 848. The lowest BCUT2D eigenvalue weighted by molar-refractivity contribution is 0.0954. The number of phenolic OH excluding ortho intramolecular Hbond substituents is 1. The number of guanidine groups is 1. The number of benzene rings is 2. The Kier molecular flexibility index (Phi) is 9.00. The number of hydrogen-bond donors (Lipinski definition) is 4. The van der Waals surface area contributed by atoms with Gasteiger partial charge in [0.15, 0.2) is 5.96 Å². The molecule has 7 heteroatoms. The van der Waals surface area contributed by atoms with E-state index >= 15 is 0 Å². The maximum atomic E-state index is 12.1. The summed E-state index contributed by atoms with van der Waals surface area (Å²) < 4.78 is 5.92. The van der Waals surface area contributed by atoms with E-state index in [2.05, 4.69) is 27.0 Å². The molecule has 2 aromatic rings. The van der Waals surface area contributed by atoms with Crippen LogP contribution in [0, 0.1) is 6.92 Å². The zero-order valence-corrected chi connectivity index (χ0v) is 18.2. The van der Waals surface area contributed by atoms with Gasteiger partial charge in [-0.25, -0.2) is 4.99 Å². The average molecular weight is 413 g/mol. The standard InChI is InChI=1S/C23H32N4O3/c1-5-24-23(26-13-12-25-22(29)18-8-10-20(28)11-9-18)27-15-19-7-6-17(4)14-21(19)30-16(2)3/h6-11,14,16,28H,5,12-13,15H2,1-4H3,(H,25,29)(H2,24,26,27). The predicted molar refractivity (Wildman–Crippen MR) is 120 cm³/mol. The van der Waals surface area contributed by atoms with E-state index in [0.717, 1.165) is 23.4 Å². The summed E-state index contributed by atoms with van der Waals surface area (Å²) in [5, 5.41) is 18.6. The molecule has 0 unspecified atom stereocenters. The summed E-state index contributed by atoms with van der Waals surface area (Å²) >= 11 is 0. The number of rotatable bonds is 9. The molecule has 0 bridgehead atoms. The Hall–Kier alpha value is -3.22. The maximum absolute atomic E-state index is 12.1. The second-order valence-corrected chi connectivity index (χ2v) is 7.20. The van der Waals surface area contributed by atoms with Crippen LogP contribution in [0.2, 0.25) is 0 Å². The number of phenols is 1. The Balaban J connectivity index is 1.90. The quantitative estimate of drug-likeness (QED) is 0.289. The van der Waals surface area contributed by atoms with Crippen molar-refractivity contribution < 1.29 is 14.6 Å². The Morgan fingerprint density at radius 1 is 1.07 bits per heavy atom. The molecule has 0 aliphatic heterocycles. The Labute approximate surface area is 178 Å². The fourth-order valence-electron chi connectivity index (χ4n) is 2.73. The van der Waals surface area contributed by atoms with E-state index in [1.54, 1.807) is 12.1 Å². The zero-order chi connectivity index (χ0) is 21.9. The first-order chi connectivity index (χ1) is 14.4. The number of carbonyl (C=O) groups excluding carboxylic acids is 1. The topological polar surface area (TPSA) is 95.0 Å². The fourth-order valence-corrected chi connectivity index (χ4v) is 2.73. The van der Waals surface area contributed by atoms with Gasteiger partial charge >= 0.3 is 0 Å². The molecule has 0 heterocycles. The first-order valence-corrected chi connectivity index (χ1v) is 10.2. The summed E-state index contributed by atoms with van der Waals surface area (Å²) in [7, 11) is 0. The van der Waals surface area contributed by atoms with Crippen molar-refractivity contribution in [2.24, 2.45) is 4.99 Å². The van der Waals surface area contributed by atoms with Crippen LogP contribution in [0.15, 0.2) is 47.5 Å². The summed E-state index contributed by atoms with van der Waals surface area (Å²) in [6, 6.07) is 12.3. The highest BCUT2D eigenvalue weighted by Crippen LogP contribution is 2.22. The highest BCUT2D eigenvalue weighted by Gasteiger charge is 2.07. The van der Waals surface area contributed by atoms with Crippen LogP contribution in [0.5, 0.6) is 11.5 Å². The molecule has 1 amide bonds.